The lowest BCUT2D eigenvalue weighted by Gasteiger charge is -2.17. The minimum absolute atomic E-state index is 0.310. The van der Waals surface area contributed by atoms with E-state index in [2.05, 4.69) is 5.32 Å². The minimum atomic E-state index is -0.701. The van der Waals surface area contributed by atoms with E-state index in [1.807, 2.05) is 0 Å². The maximum Gasteiger partial charge on any atom is 0.321 e. The summed E-state index contributed by atoms with van der Waals surface area (Å²) in [5.74, 6) is 0.749. The fraction of sp³-hybridized carbons (Fsp3) is 0.889. The standard InChI is InChI=1S/C9H15NO2S/c11-9(12)7-5-13-8(10-7)6-3-1-2-4-6/h6-8,10H,1-5H2,(H,11,12)/t7-,8-/m1/s1. The normalized spacial score (nSPS) is 35.4. The van der Waals surface area contributed by atoms with Crippen molar-refractivity contribution >= 4 is 17.7 Å². The molecule has 0 amide bonds. The SMILES string of the molecule is O=C(O)[C@H]1CS[C@H](C2CCCC2)N1. The molecule has 2 rings (SSSR count). The van der Waals surface area contributed by atoms with Crippen LogP contribution in [0.2, 0.25) is 0 Å². The van der Waals surface area contributed by atoms with Gasteiger partial charge < -0.3 is 5.11 Å². The van der Waals surface area contributed by atoms with Crippen LogP contribution < -0.4 is 5.32 Å². The Bertz CT molecular complexity index is 204. The summed E-state index contributed by atoms with van der Waals surface area (Å²) in [7, 11) is 0. The number of carboxylic acids is 1. The Kier molecular flexibility index (Phi) is 2.79. The molecule has 2 aliphatic rings. The Morgan fingerprint density at radius 3 is 2.62 bits per heavy atom. The van der Waals surface area contributed by atoms with Gasteiger partial charge in [-0.3, -0.25) is 10.1 Å². The predicted octanol–water partition coefficient (Wildman–Crippen LogP) is 1.29. The summed E-state index contributed by atoms with van der Waals surface area (Å²) in [5.41, 5.74) is 0. The number of carbonyl (C=O) groups is 1. The molecule has 13 heavy (non-hydrogen) atoms. The summed E-state index contributed by atoms with van der Waals surface area (Å²) < 4.78 is 0. The van der Waals surface area contributed by atoms with Crippen LogP contribution in [-0.4, -0.2) is 28.2 Å². The first-order valence-corrected chi connectivity index (χ1v) is 5.92. The lowest BCUT2D eigenvalue weighted by molar-refractivity contribution is -0.138. The van der Waals surface area contributed by atoms with Crippen molar-refractivity contribution in [2.45, 2.75) is 37.1 Å². The number of aliphatic carboxylic acids is 1. The first kappa shape index (κ1) is 9.34. The van der Waals surface area contributed by atoms with Crippen LogP contribution in [0.3, 0.4) is 0 Å². The summed E-state index contributed by atoms with van der Waals surface area (Å²) in [6, 6.07) is -0.310. The van der Waals surface area contributed by atoms with E-state index in [0.29, 0.717) is 11.3 Å². The maximum atomic E-state index is 10.7. The van der Waals surface area contributed by atoms with Crippen LogP contribution in [0.25, 0.3) is 0 Å². The van der Waals surface area contributed by atoms with E-state index in [0.717, 1.165) is 5.75 Å². The lowest BCUT2D eigenvalue weighted by Crippen LogP contribution is -2.38. The fourth-order valence-corrected chi connectivity index (χ4v) is 3.61. The number of nitrogens with one attached hydrogen (secondary N) is 1. The van der Waals surface area contributed by atoms with Crippen molar-refractivity contribution < 1.29 is 9.90 Å². The number of hydrogen-bond donors (Lipinski definition) is 2. The van der Waals surface area contributed by atoms with Gasteiger partial charge in [-0.05, 0) is 18.8 Å². The van der Waals surface area contributed by atoms with E-state index in [9.17, 15) is 4.79 Å². The molecule has 0 aromatic carbocycles. The second-order valence-electron chi connectivity index (χ2n) is 3.86. The molecule has 2 atom stereocenters. The molecule has 1 saturated heterocycles. The van der Waals surface area contributed by atoms with Crippen molar-refractivity contribution in [1.82, 2.24) is 5.32 Å². The number of thioether (sulfide) groups is 1. The van der Waals surface area contributed by atoms with Gasteiger partial charge in [-0.15, -0.1) is 11.8 Å². The van der Waals surface area contributed by atoms with Gasteiger partial charge in [0, 0.05) is 5.75 Å². The molecule has 2 fully saturated rings. The van der Waals surface area contributed by atoms with Crippen molar-refractivity contribution in [2.75, 3.05) is 5.75 Å². The van der Waals surface area contributed by atoms with Crippen molar-refractivity contribution in [3.63, 3.8) is 0 Å². The zero-order valence-electron chi connectivity index (χ0n) is 7.53. The molecule has 0 radical (unpaired) electrons. The highest BCUT2D eigenvalue weighted by Gasteiger charge is 2.35. The van der Waals surface area contributed by atoms with Gasteiger partial charge in [-0.25, -0.2) is 0 Å². The van der Waals surface area contributed by atoms with Crippen molar-refractivity contribution in [2.24, 2.45) is 5.92 Å². The Labute approximate surface area is 82.3 Å². The highest BCUT2D eigenvalue weighted by atomic mass is 32.2. The van der Waals surface area contributed by atoms with Crippen LogP contribution in [0.15, 0.2) is 0 Å². The van der Waals surface area contributed by atoms with Gasteiger partial charge in [-0.2, -0.15) is 0 Å². The zero-order valence-corrected chi connectivity index (χ0v) is 8.35. The maximum absolute atomic E-state index is 10.7. The Morgan fingerprint density at radius 1 is 1.38 bits per heavy atom. The van der Waals surface area contributed by atoms with Crippen LogP contribution in [-0.2, 0) is 4.79 Å². The summed E-state index contributed by atoms with van der Waals surface area (Å²) in [6.07, 6.45) is 5.19. The average molecular weight is 201 g/mol. The molecule has 2 N–H and O–H groups in total. The molecule has 4 heteroatoms. The van der Waals surface area contributed by atoms with Crippen LogP contribution in [0.1, 0.15) is 25.7 Å². The summed E-state index contributed by atoms with van der Waals surface area (Å²) >= 11 is 1.78. The van der Waals surface area contributed by atoms with Gasteiger partial charge in [0.15, 0.2) is 0 Å². The quantitative estimate of drug-likeness (QED) is 0.707. The Balaban J connectivity index is 1.86. The van der Waals surface area contributed by atoms with E-state index in [4.69, 9.17) is 5.11 Å². The van der Waals surface area contributed by atoms with Crippen LogP contribution in [0.5, 0.6) is 0 Å². The third kappa shape index (κ3) is 1.99. The third-order valence-corrected chi connectivity index (χ3v) is 4.34. The van der Waals surface area contributed by atoms with Crippen molar-refractivity contribution in [1.29, 1.82) is 0 Å². The highest BCUT2D eigenvalue weighted by Crippen LogP contribution is 2.35. The second-order valence-corrected chi connectivity index (χ2v) is 5.03. The van der Waals surface area contributed by atoms with Crippen molar-refractivity contribution in [3.05, 3.63) is 0 Å². The number of carboxylic acid groups (broad SMARTS) is 1. The molecule has 1 heterocycles. The Morgan fingerprint density at radius 2 is 2.08 bits per heavy atom. The summed E-state index contributed by atoms with van der Waals surface area (Å²) in [5, 5.41) is 12.4. The first-order chi connectivity index (χ1) is 6.27. The van der Waals surface area contributed by atoms with Gasteiger partial charge in [0.2, 0.25) is 0 Å². The number of rotatable bonds is 2. The molecule has 3 nitrogen and oxygen atoms in total. The van der Waals surface area contributed by atoms with Gasteiger partial charge >= 0.3 is 5.97 Å². The van der Waals surface area contributed by atoms with Gasteiger partial charge in [0.1, 0.15) is 6.04 Å². The highest BCUT2D eigenvalue weighted by molar-refractivity contribution is 8.00. The van der Waals surface area contributed by atoms with Crippen LogP contribution in [0.4, 0.5) is 0 Å². The van der Waals surface area contributed by atoms with Crippen LogP contribution in [0, 0.1) is 5.92 Å². The molecule has 0 spiro atoms. The lowest BCUT2D eigenvalue weighted by atomic mass is 10.1. The van der Waals surface area contributed by atoms with E-state index in [1.165, 1.54) is 25.7 Å². The topological polar surface area (TPSA) is 49.3 Å². The van der Waals surface area contributed by atoms with Gasteiger partial charge in [0.25, 0.3) is 0 Å². The zero-order chi connectivity index (χ0) is 9.26. The molecule has 0 aromatic rings. The third-order valence-electron chi connectivity index (χ3n) is 2.93. The largest absolute Gasteiger partial charge is 0.480 e. The summed E-state index contributed by atoms with van der Waals surface area (Å²) in [6.45, 7) is 0. The fourth-order valence-electron chi connectivity index (χ4n) is 2.17. The second kappa shape index (κ2) is 3.88. The van der Waals surface area contributed by atoms with E-state index in [-0.39, 0.29) is 6.04 Å². The molecule has 1 aliphatic heterocycles. The molecular formula is C9H15NO2S. The van der Waals surface area contributed by atoms with Gasteiger partial charge in [-0.1, -0.05) is 12.8 Å². The number of hydrogen-bond acceptors (Lipinski definition) is 3. The molecular weight excluding hydrogens is 186 g/mol. The molecule has 0 unspecified atom stereocenters. The monoisotopic (exact) mass is 201 g/mol. The predicted molar refractivity (Wildman–Crippen MR) is 52.8 cm³/mol. The Hall–Kier alpha value is -0.220. The van der Waals surface area contributed by atoms with Crippen LogP contribution >= 0.6 is 11.8 Å². The summed E-state index contributed by atoms with van der Waals surface area (Å²) in [4.78, 5) is 10.7. The van der Waals surface area contributed by atoms with Gasteiger partial charge in [0.05, 0.1) is 5.37 Å². The molecule has 1 aliphatic carbocycles. The van der Waals surface area contributed by atoms with Crippen molar-refractivity contribution in [3.8, 4) is 0 Å². The minimum Gasteiger partial charge on any atom is -0.480 e. The van der Waals surface area contributed by atoms with E-state index < -0.39 is 5.97 Å². The molecule has 74 valence electrons. The molecule has 1 saturated carbocycles. The van der Waals surface area contributed by atoms with E-state index in [1.54, 1.807) is 11.8 Å². The molecule has 0 aromatic heterocycles. The first-order valence-electron chi connectivity index (χ1n) is 4.88. The van der Waals surface area contributed by atoms with E-state index >= 15 is 0 Å². The smallest absolute Gasteiger partial charge is 0.321 e. The molecule has 0 bridgehead atoms. The average Bonchev–Trinajstić information content (AvgIpc) is 2.75.